The number of hydrogen-bond donors (Lipinski definition) is 2. The Balaban J connectivity index is 2.46. The van der Waals surface area contributed by atoms with Crippen LogP contribution >= 0.6 is 11.3 Å². The second-order valence-electron chi connectivity index (χ2n) is 2.37. The van der Waals surface area contributed by atoms with E-state index in [1.165, 1.54) is 11.3 Å². The highest BCUT2D eigenvalue weighted by Gasteiger charge is 2.02. The molecule has 2 N–H and O–H groups in total. The molecule has 0 spiro atoms. The second-order valence-corrected chi connectivity index (χ2v) is 3.23. The Hall–Kier alpha value is -0.940. The first kappa shape index (κ1) is 9.15. The summed E-state index contributed by atoms with van der Waals surface area (Å²) in [6.45, 7) is 2.21. The Kier molecular flexibility index (Phi) is 3.19. The van der Waals surface area contributed by atoms with E-state index in [4.69, 9.17) is 0 Å². The molecule has 0 saturated carbocycles. The van der Waals surface area contributed by atoms with E-state index in [0.29, 0.717) is 11.7 Å². The number of anilines is 1. The second kappa shape index (κ2) is 4.18. The molecule has 1 rings (SSSR count). The van der Waals surface area contributed by atoms with Gasteiger partial charge in [0.15, 0.2) is 5.13 Å². The van der Waals surface area contributed by atoms with E-state index in [-0.39, 0.29) is 5.91 Å². The molecule has 66 valence electrons. The van der Waals surface area contributed by atoms with Crippen LogP contribution in [0.3, 0.4) is 0 Å². The third-order valence-electron chi connectivity index (χ3n) is 1.20. The number of aryl methyl sites for hydroxylation is 1. The molecule has 1 aromatic rings. The van der Waals surface area contributed by atoms with Gasteiger partial charge in [-0.25, -0.2) is 4.98 Å². The maximum absolute atomic E-state index is 11.0. The highest BCUT2D eigenvalue weighted by atomic mass is 32.1. The maximum Gasteiger partial charge on any atom is 0.240 e. The van der Waals surface area contributed by atoms with Gasteiger partial charge in [-0.3, -0.25) is 4.79 Å². The summed E-state index contributed by atoms with van der Waals surface area (Å²) in [5, 5.41) is 7.99. The van der Waals surface area contributed by atoms with Gasteiger partial charge in [-0.15, -0.1) is 11.3 Å². The summed E-state index contributed by atoms with van der Waals surface area (Å²) in [5.74, 6) is -0.0631. The van der Waals surface area contributed by atoms with E-state index in [2.05, 4.69) is 15.6 Å². The number of aromatic nitrogens is 1. The summed E-state index contributed by atoms with van der Waals surface area (Å²) < 4.78 is 0. The fourth-order valence-electron chi connectivity index (χ4n) is 0.735. The summed E-state index contributed by atoms with van der Waals surface area (Å²) in [6.07, 6.45) is 0. The Labute approximate surface area is 75.0 Å². The van der Waals surface area contributed by atoms with Gasteiger partial charge in [0.2, 0.25) is 5.91 Å². The molecule has 1 heterocycles. The van der Waals surface area contributed by atoms with Crippen molar-refractivity contribution in [3.05, 3.63) is 11.1 Å². The van der Waals surface area contributed by atoms with Gasteiger partial charge >= 0.3 is 0 Å². The molecule has 0 aromatic carbocycles. The summed E-state index contributed by atoms with van der Waals surface area (Å²) in [7, 11) is 1.73. The quantitative estimate of drug-likeness (QED) is 0.725. The van der Waals surface area contributed by atoms with Crippen LogP contribution in [-0.2, 0) is 4.79 Å². The van der Waals surface area contributed by atoms with E-state index in [0.717, 1.165) is 5.69 Å². The van der Waals surface area contributed by atoms with Crippen LogP contribution in [0.15, 0.2) is 5.38 Å². The smallest absolute Gasteiger partial charge is 0.240 e. The molecule has 4 nitrogen and oxygen atoms in total. The van der Waals surface area contributed by atoms with Crippen molar-refractivity contribution >= 4 is 22.4 Å². The molecule has 0 aliphatic heterocycles. The Morgan fingerprint density at radius 1 is 1.75 bits per heavy atom. The molecule has 0 radical (unpaired) electrons. The molecule has 12 heavy (non-hydrogen) atoms. The van der Waals surface area contributed by atoms with Crippen molar-refractivity contribution in [1.29, 1.82) is 0 Å². The highest BCUT2D eigenvalue weighted by molar-refractivity contribution is 7.13. The van der Waals surface area contributed by atoms with E-state index < -0.39 is 0 Å². The van der Waals surface area contributed by atoms with Crippen LogP contribution in [0.25, 0.3) is 0 Å². The van der Waals surface area contributed by atoms with Crippen LogP contribution in [-0.4, -0.2) is 24.5 Å². The first-order chi connectivity index (χ1) is 5.72. The number of amides is 1. The summed E-state index contributed by atoms with van der Waals surface area (Å²) >= 11 is 1.43. The number of nitrogens with zero attached hydrogens (tertiary/aromatic N) is 1. The monoisotopic (exact) mass is 185 g/mol. The van der Waals surface area contributed by atoms with Crippen molar-refractivity contribution in [2.75, 3.05) is 18.9 Å². The van der Waals surface area contributed by atoms with Crippen molar-refractivity contribution < 1.29 is 4.79 Å². The zero-order chi connectivity index (χ0) is 8.97. The molecular weight excluding hydrogens is 174 g/mol. The predicted molar refractivity (Wildman–Crippen MR) is 49.4 cm³/mol. The van der Waals surface area contributed by atoms with Crippen LogP contribution in [0.2, 0.25) is 0 Å². The molecule has 1 aromatic heterocycles. The summed E-state index contributed by atoms with van der Waals surface area (Å²) in [5.41, 5.74) is 0.930. The topological polar surface area (TPSA) is 54.0 Å². The minimum Gasteiger partial charge on any atom is -0.311 e. The summed E-state index contributed by atoms with van der Waals surface area (Å²) in [6, 6.07) is 0. The molecule has 0 bridgehead atoms. The lowest BCUT2D eigenvalue weighted by molar-refractivity contribution is -0.115. The minimum absolute atomic E-state index is 0.0631. The van der Waals surface area contributed by atoms with E-state index in [1.807, 2.05) is 12.3 Å². The number of nitrogens with one attached hydrogen (secondary N) is 2. The van der Waals surface area contributed by atoms with Gasteiger partial charge in [0, 0.05) is 5.38 Å². The van der Waals surface area contributed by atoms with Gasteiger partial charge in [-0.05, 0) is 14.0 Å². The van der Waals surface area contributed by atoms with Crippen molar-refractivity contribution in [3.63, 3.8) is 0 Å². The Bertz CT molecular complexity index is 271. The predicted octanol–water partition coefficient (Wildman–Crippen LogP) is 0.609. The van der Waals surface area contributed by atoms with Gasteiger partial charge in [0.25, 0.3) is 0 Å². The van der Waals surface area contributed by atoms with Crippen molar-refractivity contribution in [2.45, 2.75) is 6.92 Å². The van der Waals surface area contributed by atoms with Gasteiger partial charge < -0.3 is 10.6 Å². The lowest BCUT2D eigenvalue weighted by Crippen LogP contribution is -2.24. The SMILES string of the molecule is CNCC(=O)Nc1nc(C)cs1. The number of rotatable bonds is 3. The molecule has 0 saturated heterocycles. The highest BCUT2D eigenvalue weighted by Crippen LogP contribution is 2.13. The minimum atomic E-state index is -0.0631. The molecule has 0 unspecified atom stereocenters. The Morgan fingerprint density at radius 2 is 2.50 bits per heavy atom. The third kappa shape index (κ3) is 2.60. The van der Waals surface area contributed by atoms with Crippen molar-refractivity contribution in [2.24, 2.45) is 0 Å². The largest absolute Gasteiger partial charge is 0.311 e. The molecule has 0 aliphatic carbocycles. The standard InChI is InChI=1S/C7H11N3OS/c1-5-4-12-7(9-5)10-6(11)3-8-2/h4,8H,3H2,1-2H3,(H,9,10,11). The molecule has 0 atom stereocenters. The van der Waals surface area contributed by atoms with Crippen LogP contribution in [0.5, 0.6) is 0 Å². The van der Waals surface area contributed by atoms with E-state index >= 15 is 0 Å². The third-order valence-corrected chi connectivity index (χ3v) is 2.08. The van der Waals surface area contributed by atoms with Gasteiger partial charge in [0.1, 0.15) is 0 Å². The zero-order valence-corrected chi connectivity index (χ0v) is 7.86. The van der Waals surface area contributed by atoms with E-state index in [9.17, 15) is 4.79 Å². The normalized spacial score (nSPS) is 9.83. The van der Waals surface area contributed by atoms with E-state index in [1.54, 1.807) is 7.05 Å². The fraction of sp³-hybridized carbons (Fsp3) is 0.429. The van der Waals surface area contributed by atoms with Crippen molar-refractivity contribution in [1.82, 2.24) is 10.3 Å². The van der Waals surface area contributed by atoms with Crippen LogP contribution in [0.4, 0.5) is 5.13 Å². The summed E-state index contributed by atoms with van der Waals surface area (Å²) in [4.78, 5) is 15.1. The lowest BCUT2D eigenvalue weighted by atomic mass is 10.6. The molecule has 1 amide bonds. The van der Waals surface area contributed by atoms with Gasteiger partial charge in [-0.2, -0.15) is 0 Å². The molecular formula is C7H11N3OS. The average Bonchev–Trinajstić information content (AvgIpc) is 2.36. The molecule has 0 fully saturated rings. The zero-order valence-electron chi connectivity index (χ0n) is 7.05. The lowest BCUT2D eigenvalue weighted by Gasteiger charge is -1.98. The maximum atomic E-state index is 11.0. The molecule has 0 aliphatic rings. The van der Waals surface area contributed by atoms with Crippen molar-refractivity contribution in [3.8, 4) is 0 Å². The van der Waals surface area contributed by atoms with Crippen LogP contribution in [0, 0.1) is 6.92 Å². The average molecular weight is 185 g/mol. The van der Waals surface area contributed by atoms with Crippen LogP contribution in [0.1, 0.15) is 5.69 Å². The number of carbonyl (C=O) groups excluding carboxylic acids is 1. The first-order valence-electron chi connectivity index (χ1n) is 3.59. The fourth-order valence-corrected chi connectivity index (χ4v) is 1.44. The number of thiazole rings is 1. The molecule has 5 heteroatoms. The Morgan fingerprint density at radius 3 is 3.00 bits per heavy atom. The number of likely N-dealkylation sites (N-methyl/N-ethyl adjacent to an activating group) is 1. The van der Waals surface area contributed by atoms with Crippen LogP contribution < -0.4 is 10.6 Å². The first-order valence-corrected chi connectivity index (χ1v) is 4.47. The number of hydrogen-bond acceptors (Lipinski definition) is 4. The van der Waals surface area contributed by atoms with Gasteiger partial charge in [-0.1, -0.05) is 0 Å². The van der Waals surface area contributed by atoms with Gasteiger partial charge in [0.05, 0.1) is 12.2 Å². The number of carbonyl (C=O) groups is 1.